The Kier molecular flexibility index (Phi) is 6.39. The van der Waals surface area contributed by atoms with Gasteiger partial charge in [-0.3, -0.25) is 14.6 Å². The molecule has 5 rings (SSSR count). The van der Waals surface area contributed by atoms with Crippen LogP contribution in [-0.2, 0) is 33.1 Å². The molecular weight excluding hydrogens is 454 g/mol. The number of aliphatic carboxylic acids is 1. The molecule has 0 saturated carbocycles. The fourth-order valence-electron chi connectivity index (χ4n) is 4.88. The number of likely N-dealkylation sites (N-methyl/N-ethyl adjacent to an activating group) is 1. The van der Waals surface area contributed by atoms with Gasteiger partial charge in [-0.2, -0.15) is 0 Å². The molecule has 3 unspecified atom stereocenters. The lowest BCUT2D eigenvalue weighted by atomic mass is 9.85. The van der Waals surface area contributed by atoms with Crippen LogP contribution >= 0.6 is 0 Å². The number of pyridine rings is 1. The Hall–Kier alpha value is -3.34. The molecule has 1 aromatic rings. The first-order valence-corrected chi connectivity index (χ1v) is 11.4. The fourth-order valence-corrected chi connectivity index (χ4v) is 4.88. The number of hydrogen-bond acceptors (Lipinski definition) is 8. The molecule has 0 saturated heterocycles. The van der Waals surface area contributed by atoms with Crippen LogP contribution in [0.2, 0.25) is 0 Å². The van der Waals surface area contributed by atoms with Gasteiger partial charge in [-0.05, 0) is 56.0 Å². The topological polar surface area (TPSA) is 142 Å². The van der Waals surface area contributed by atoms with Crippen LogP contribution in [-0.4, -0.2) is 69.2 Å². The monoisotopic (exact) mass is 483 g/mol. The summed E-state index contributed by atoms with van der Waals surface area (Å²) in [6.07, 6.45) is 5.00. The molecule has 10 heteroatoms. The maximum absolute atomic E-state index is 13.2. The van der Waals surface area contributed by atoms with Crippen molar-refractivity contribution in [3.05, 3.63) is 68.2 Å². The molecule has 3 atom stereocenters. The van der Waals surface area contributed by atoms with Crippen molar-refractivity contribution in [3.63, 3.8) is 0 Å². The third kappa shape index (κ3) is 4.18. The number of nitrogens with zero attached hydrogens (tertiary/aromatic N) is 3. The van der Waals surface area contributed by atoms with E-state index in [9.17, 15) is 19.8 Å². The van der Waals surface area contributed by atoms with Crippen LogP contribution in [0.5, 0.6) is 0 Å². The molecule has 0 aromatic carbocycles. The Labute approximate surface area is 202 Å². The largest absolute Gasteiger partial charge is 0.481 e. The number of carboxylic acid groups (broad SMARTS) is 1. The van der Waals surface area contributed by atoms with E-state index in [1.807, 2.05) is 31.1 Å². The lowest BCUT2D eigenvalue weighted by Gasteiger charge is -2.32. The summed E-state index contributed by atoms with van der Waals surface area (Å²) in [7, 11) is 3.89. The highest BCUT2D eigenvalue weighted by atomic mass is 16.6. The number of dihydropyridines is 1. The van der Waals surface area contributed by atoms with E-state index in [0.717, 1.165) is 29.4 Å². The number of aliphatic imine (C=N–C) groups is 1. The van der Waals surface area contributed by atoms with E-state index in [2.05, 4.69) is 0 Å². The molecule has 0 spiro atoms. The Morgan fingerprint density at radius 3 is 2.66 bits per heavy atom. The predicted molar refractivity (Wildman–Crippen MR) is 127 cm³/mol. The summed E-state index contributed by atoms with van der Waals surface area (Å²) in [5.41, 5.74) is 2.70. The number of carboxylic acids is 1. The zero-order valence-electron chi connectivity index (χ0n) is 20.1. The first-order chi connectivity index (χ1) is 16.5. The molecule has 4 heterocycles. The maximum atomic E-state index is 13.2. The average Bonchev–Trinajstić information content (AvgIpc) is 3.15. The average molecular weight is 484 g/mol. The van der Waals surface area contributed by atoms with Crippen molar-refractivity contribution in [2.75, 3.05) is 20.6 Å². The molecule has 0 fully saturated rings. The van der Waals surface area contributed by atoms with Gasteiger partial charge in [-0.1, -0.05) is 6.92 Å². The molecule has 186 valence electrons. The number of aliphatic hydroxyl groups is 2. The summed E-state index contributed by atoms with van der Waals surface area (Å²) in [5.74, 6) is -1.56. The van der Waals surface area contributed by atoms with Crippen molar-refractivity contribution in [2.45, 2.75) is 51.2 Å². The number of aliphatic hydroxyl groups excluding tert-OH is 1. The van der Waals surface area contributed by atoms with E-state index in [1.165, 1.54) is 0 Å². The van der Waals surface area contributed by atoms with Crippen molar-refractivity contribution in [1.82, 2.24) is 9.47 Å². The summed E-state index contributed by atoms with van der Waals surface area (Å²) >= 11 is 0. The standard InChI is InChI=1S/C23H25N3O5.C2H4O2/c1-4-23(30)16-8-18-20-12(9-26(18)21(28)15(16)11-31-22(23)29)7-13-14(10-25(2)3)19(27)6-5-17(13)24-20;1-2(3)4/h5-8,19-20,27,30H,4,9-11H2,1-3H3;1H3,(H,3,4). The number of aromatic nitrogens is 1. The summed E-state index contributed by atoms with van der Waals surface area (Å²) in [6, 6.07) is 1.38. The normalized spacial score (nSPS) is 26.0. The molecular formula is C25H29N3O7. The number of fused-ring (bicyclic) bond motifs is 5. The number of hydrogen-bond donors (Lipinski definition) is 3. The molecule has 35 heavy (non-hydrogen) atoms. The van der Waals surface area contributed by atoms with Crippen LogP contribution in [0.15, 0.2) is 50.8 Å². The molecule has 0 amide bonds. The Morgan fingerprint density at radius 1 is 1.34 bits per heavy atom. The number of carbonyl (C=O) groups excluding carboxylic acids is 1. The number of cyclic esters (lactones) is 1. The van der Waals surface area contributed by atoms with E-state index in [0.29, 0.717) is 29.9 Å². The van der Waals surface area contributed by atoms with Gasteiger partial charge in [0.05, 0.1) is 23.1 Å². The minimum atomic E-state index is -1.82. The van der Waals surface area contributed by atoms with Crippen LogP contribution in [0.3, 0.4) is 0 Å². The summed E-state index contributed by atoms with van der Waals surface area (Å²) < 4.78 is 6.77. The maximum Gasteiger partial charge on any atom is 0.343 e. The summed E-state index contributed by atoms with van der Waals surface area (Å²) in [5, 5.41) is 28.9. The smallest absolute Gasteiger partial charge is 0.343 e. The van der Waals surface area contributed by atoms with Gasteiger partial charge in [0, 0.05) is 31.1 Å². The quantitative estimate of drug-likeness (QED) is 0.537. The van der Waals surface area contributed by atoms with Crippen LogP contribution < -0.4 is 5.56 Å². The zero-order valence-corrected chi connectivity index (χ0v) is 20.1. The highest BCUT2D eigenvalue weighted by molar-refractivity contribution is 6.13. The predicted octanol–water partition coefficient (Wildman–Crippen LogP) is 0.818. The lowest BCUT2D eigenvalue weighted by Crippen LogP contribution is -2.44. The van der Waals surface area contributed by atoms with E-state index >= 15 is 0 Å². The van der Waals surface area contributed by atoms with Gasteiger partial charge in [0.25, 0.3) is 11.5 Å². The summed E-state index contributed by atoms with van der Waals surface area (Å²) in [6.45, 7) is 3.61. The zero-order chi connectivity index (χ0) is 25.7. The molecule has 3 N–H and O–H groups in total. The molecule has 3 aliphatic heterocycles. The number of carbonyl (C=O) groups is 2. The lowest BCUT2D eigenvalue weighted by molar-refractivity contribution is -0.172. The molecule has 1 aromatic heterocycles. The third-order valence-electron chi connectivity index (χ3n) is 6.55. The van der Waals surface area contributed by atoms with Gasteiger partial charge < -0.3 is 29.5 Å². The highest BCUT2D eigenvalue weighted by Gasteiger charge is 2.46. The Balaban J connectivity index is 0.000000672. The van der Waals surface area contributed by atoms with Crippen molar-refractivity contribution in [1.29, 1.82) is 0 Å². The van der Waals surface area contributed by atoms with Gasteiger partial charge >= 0.3 is 5.97 Å². The van der Waals surface area contributed by atoms with E-state index in [1.54, 1.807) is 23.6 Å². The first kappa shape index (κ1) is 24.8. The second-order valence-corrected chi connectivity index (χ2v) is 9.28. The van der Waals surface area contributed by atoms with Crippen LogP contribution in [0, 0.1) is 0 Å². The SMILES string of the molecule is CC(=O)O.CCC1(O)C(=O)OCc2c1cc1n(c2=O)CC2=CC3=C(CN(C)C)C(O)C=CC3=NC21. The molecule has 1 aliphatic carbocycles. The van der Waals surface area contributed by atoms with Crippen molar-refractivity contribution >= 4 is 17.7 Å². The molecule has 10 nitrogen and oxygen atoms in total. The number of ether oxygens (including phenoxy) is 1. The van der Waals surface area contributed by atoms with Crippen molar-refractivity contribution < 1.29 is 29.6 Å². The third-order valence-corrected chi connectivity index (χ3v) is 6.55. The Morgan fingerprint density at radius 2 is 2.03 bits per heavy atom. The van der Waals surface area contributed by atoms with Crippen molar-refractivity contribution in [2.24, 2.45) is 4.99 Å². The molecule has 0 radical (unpaired) electrons. The van der Waals surface area contributed by atoms with E-state index in [4.69, 9.17) is 19.6 Å². The van der Waals surface area contributed by atoms with Crippen LogP contribution in [0.1, 0.15) is 43.1 Å². The Bertz CT molecular complexity index is 1280. The van der Waals surface area contributed by atoms with Gasteiger partial charge in [0.2, 0.25) is 0 Å². The van der Waals surface area contributed by atoms with Gasteiger partial charge in [0.15, 0.2) is 5.60 Å². The van der Waals surface area contributed by atoms with Crippen LogP contribution in [0.4, 0.5) is 0 Å². The van der Waals surface area contributed by atoms with Gasteiger partial charge in [-0.25, -0.2) is 4.79 Å². The molecule has 0 bridgehead atoms. The van der Waals surface area contributed by atoms with Crippen LogP contribution in [0.25, 0.3) is 0 Å². The number of esters is 1. The second-order valence-electron chi connectivity index (χ2n) is 9.28. The fraction of sp³-hybridized carbons (Fsp3) is 0.440. The first-order valence-electron chi connectivity index (χ1n) is 11.4. The summed E-state index contributed by atoms with van der Waals surface area (Å²) in [4.78, 5) is 41.4. The minimum Gasteiger partial charge on any atom is -0.481 e. The van der Waals surface area contributed by atoms with E-state index < -0.39 is 23.6 Å². The number of rotatable bonds is 3. The van der Waals surface area contributed by atoms with Crippen molar-refractivity contribution in [3.8, 4) is 0 Å². The van der Waals surface area contributed by atoms with Gasteiger partial charge in [0.1, 0.15) is 12.6 Å². The highest BCUT2D eigenvalue weighted by Crippen LogP contribution is 2.42. The number of allylic oxidation sites excluding steroid dienone is 3. The van der Waals surface area contributed by atoms with E-state index in [-0.39, 0.29) is 24.6 Å². The molecule has 4 aliphatic rings. The van der Waals surface area contributed by atoms with Gasteiger partial charge in [-0.15, -0.1) is 0 Å². The minimum absolute atomic E-state index is 0.116. The second kappa shape index (κ2) is 9.03.